The molecular formula is C25H31N7O2. The van der Waals surface area contributed by atoms with Crippen LogP contribution in [0.3, 0.4) is 0 Å². The van der Waals surface area contributed by atoms with Crippen molar-refractivity contribution in [1.82, 2.24) is 29.5 Å². The third-order valence-corrected chi connectivity index (χ3v) is 6.77. The van der Waals surface area contributed by atoms with E-state index in [1.165, 1.54) is 0 Å². The predicted octanol–water partition coefficient (Wildman–Crippen LogP) is 2.85. The van der Waals surface area contributed by atoms with Crippen LogP contribution in [0.25, 0.3) is 22.2 Å². The number of amides is 1. The Kier molecular flexibility index (Phi) is 5.95. The average molecular weight is 462 g/mol. The van der Waals surface area contributed by atoms with Crippen LogP contribution in [0.15, 0.2) is 42.0 Å². The number of fused-ring (bicyclic) bond motifs is 1. The highest BCUT2D eigenvalue weighted by molar-refractivity contribution is 6.05. The molecule has 2 aliphatic rings. The molecule has 0 radical (unpaired) electrons. The van der Waals surface area contributed by atoms with Gasteiger partial charge < -0.3 is 15.0 Å². The molecule has 5 rings (SSSR count). The van der Waals surface area contributed by atoms with Gasteiger partial charge in [0.25, 0.3) is 0 Å². The van der Waals surface area contributed by atoms with Gasteiger partial charge in [-0.05, 0) is 31.9 Å². The number of aromatic nitrogens is 4. The number of carbonyl (C=O) groups excluding carboxylic acids is 1. The summed E-state index contributed by atoms with van der Waals surface area (Å²) in [7, 11) is 1.89. The molecule has 0 atom stereocenters. The van der Waals surface area contributed by atoms with Gasteiger partial charge in [-0.15, -0.1) is 0 Å². The zero-order chi connectivity index (χ0) is 23.8. The van der Waals surface area contributed by atoms with Gasteiger partial charge >= 0.3 is 0 Å². The van der Waals surface area contributed by atoms with Crippen LogP contribution in [0.5, 0.6) is 0 Å². The van der Waals surface area contributed by atoms with E-state index in [4.69, 9.17) is 4.74 Å². The standard InChI is InChI=1S/C25H31N7O2/c1-16-10-18-11-23(19-12-28-30(3)14-19)27-13-24(18)32(16)25(26)21-15-31(17(2)33)7-4-22(21)29-20-5-8-34-9-6-20/h10-14,20,26,29H,4-9,15H2,1-3H3. The number of hydrogen-bond acceptors (Lipinski definition) is 6. The monoisotopic (exact) mass is 461 g/mol. The number of carbonyl (C=O) groups is 1. The number of ether oxygens (including phenoxy) is 1. The lowest BCUT2D eigenvalue weighted by atomic mass is 10.0. The van der Waals surface area contributed by atoms with E-state index in [9.17, 15) is 10.2 Å². The van der Waals surface area contributed by atoms with Crippen molar-refractivity contribution in [3.8, 4) is 11.3 Å². The summed E-state index contributed by atoms with van der Waals surface area (Å²) in [6, 6.07) is 4.46. The van der Waals surface area contributed by atoms with Gasteiger partial charge in [0.2, 0.25) is 5.91 Å². The van der Waals surface area contributed by atoms with E-state index in [0.717, 1.165) is 71.6 Å². The predicted molar refractivity (Wildman–Crippen MR) is 131 cm³/mol. The normalized spacial score (nSPS) is 17.4. The fourth-order valence-corrected chi connectivity index (χ4v) is 4.89. The van der Waals surface area contributed by atoms with E-state index in [1.54, 1.807) is 17.8 Å². The number of rotatable bonds is 4. The Balaban J connectivity index is 1.52. The minimum Gasteiger partial charge on any atom is -0.385 e. The molecule has 9 heteroatoms. The molecule has 0 spiro atoms. The number of hydrogen-bond donors (Lipinski definition) is 2. The Morgan fingerprint density at radius 3 is 2.74 bits per heavy atom. The summed E-state index contributed by atoms with van der Waals surface area (Å²) in [5, 5.41) is 18.2. The zero-order valence-corrected chi connectivity index (χ0v) is 20.0. The van der Waals surface area contributed by atoms with Crippen LogP contribution in [-0.2, 0) is 16.6 Å². The van der Waals surface area contributed by atoms with Crippen LogP contribution in [0.1, 0.15) is 31.9 Å². The van der Waals surface area contributed by atoms with Crippen molar-refractivity contribution in [1.29, 1.82) is 5.41 Å². The maximum atomic E-state index is 12.2. The molecule has 0 saturated carbocycles. The van der Waals surface area contributed by atoms with Gasteiger partial charge in [0.05, 0.1) is 30.1 Å². The second-order valence-corrected chi connectivity index (χ2v) is 9.18. The van der Waals surface area contributed by atoms with Crippen molar-refractivity contribution in [2.75, 3.05) is 26.3 Å². The van der Waals surface area contributed by atoms with Crippen molar-refractivity contribution in [3.05, 3.63) is 47.7 Å². The van der Waals surface area contributed by atoms with Gasteiger partial charge in [-0.2, -0.15) is 5.10 Å². The van der Waals surface area contributed by atoms with Gasteiger partial charge in [0.15, 0.2) is 0 Å². The molecule has 3 aromatic heterocycles. The summed E-state index contributed by atoms with van der Waals surface area (Å²) >= 11 is 0. The molecule has 9 nitrogen and oxygen atoms in total. The number of pyridine rings is 1. The van der Waals surface area contributed by atoms with Crippen molar-refractivity contribution in [3.63, 3.8) is 0 Å². The van der Waals surface area contributed by atoms with Crippen LogP contribution < -0.4 is 5.32 Å². The van der Waals surface area contributed by atoms with E-state index in [-0.39, 0.29) is 5.91 Å². The quantitative estimate of drug-likeness (QED) is 0.460. The first kappa shape index (κ1) is 22.3. The summed E-state index contributed by atoms with van der Waals surface area (Å²) in [4.78, 5) is 18.7. The third-order valence-electron chi connectivity index (χ3n) is 6.77. The lowest BCUT2D eigenvalue weighted by Gasteiger charge is -2.34. The Hall–Kier alpha value is -3.46. The smallest absolute Gasteiger partial charge is 0.219 e. The minimum atomic E-state index is 0.0345. The summed E-state index contributed by atoms with van der Waals surface area (Å²) in [6.45, 7) is 6.21. The van der Waals surface area contributed by atoms with Crippen LogP contribution in [0.4, 0.5) is 0 Å². The summed E-state index contributed by atoms with van der Waals surface area (Å²) in [5.74, 6) is 0.427. The fourth-order valence-electron chi connectivity index (χ4n) is 4.89. The Morgan fingerprint density at radius 2 is 2.03 bits per heavy atom. The van der Waals surface area contributed by atoms with E-state index in [1.807, 2.05) is 41.9 Å². The van der Waals surface area contributed by atoms with Crippen molar-refractivity contribution in [2.45, 2.75) is 39.2 Å². The molecule has 34 heavy (non-hydrogen) atoms. The first-order valence-corrected chi connectivity index (χ1v) is 11.8. The molecule has 0 aliphatic carbocycles. The summed E-state index contributed by atoms with van der Waals surface area (Å²) in [6.07, 6.45) is 8.20. The Labute approximate surface area is 198 Å². The number of nitrogens with one attached hydrogen (secondary N) is 2. The number of aryl methyl sites for hydroxylation is 2. The van der Waals surface area contributed by atoms with E-state index < -0.39 is 0 Å². The van der Waals surface area contributed by atoms with E-state index in [0.29, 0.717) is 25.0 Å². The molecule has 2 N–H and O–H groups in total. The van der Waals surface area contributed by atoms with Crippen LogP contribution >= 0.6 is 0 Å². The Morgan fingerprint density at radius 1 is 1.24 bits per heavy atom. The topological polar surface area (TPSA) is 101 Å². The molecule has 5 heterocycles. The zero-order valence-electron chi connectivity index (χ0n) is 20.0. The molecule has 1 saturated heterocycles. The molecule has 0 aromatic carbocycles. The average Bonchev–Trinajstić information content (AvgIpc) is 3.41. The molecule has 0 bridgehead atoms. The minimum absolute atomic E-state index is 0.0345. The second kappa shape index (κ2) is 9.06. The van der Waals surface area contributed by atoms with E-state index >= 15 is 0 Å². The highest BCUT2D eigenvalue weighted by Gasteiger charge is 2.27. The summed E-state index contributed by atoms with van der Waals surface area (Å²) in [5.41, 5.74) is 5.59. The molecule has 178 valence electrons. The molecule has 1 amide bonds. The lowest BCUT2D eigenvalue weighted by Crippen LogP contribution is -2.43. The summed E-state index contributed by atoms with van der Waals surface area (Å²) < 4.78 is 9.21. The third kappa shape index (κ3) is 4.23. The second-order valence-electron chi connectivity index (χ2n) is 9.18. The van der Waals surface area contributed by atoms with Crippen molar-refractivity contribution < 1.29 is 9.53 Å². The lowest BCUT2D eigenvalue weighted by molar-refractivity contribution is -0.128. The fraction of sp³-hybridized carbons (Fsp3) is 0.440. The van der Waals surface area contributed by atoms with Gasteiger partial charge in [-0.25, -0.2) is 0 Å². The van der Waals surface area contributed by atoms with E-state index in [2.05, 4.69) is 21.5 Å². The van der Waals surface area contributed by atoms with Crippen molar-refractivity contribution >= 4 is 22.6 Å². The molecule has 0 unspecified atom stereocenters. The number of nitrogens with zero attached hydrogens (tertiary/aromatic N) is 5. The van der Waals surface area contributed by atoms with Crippen LogP contribution in [0.2, 0.25) is 0 Å². The van der Waals surface area contributed by atoms with Crippen molar-refractivity contribution in [2.24, 2.45) is 7.05 Å². The first-order valence-electron chi connectivity index (χ1n) is 11.8. The molecule has 2 aliphatic heterocycles. The molecule has 1 fully saturated rings. The highest BCUT2D eigenvalue weighted by atomic mass is 16.5. The maximum Gasteiger partial charge on any atom is 0.219 e. The maximum absolute atomic E-state index is 12.2. The van der Waals surface area contributed by atoms with Gasteiger partial charge in [0.1, 0.15) is 5.84 Å². The van der Waals surface area contributed by atoms with Crippen LogP contribution in [0, 0.1) is 12.3 Å². The van der Waals surface area contributed by atoms with Gasteiger partial charge in [-0.1, -0.05) is 0 Å². The largest absolute Gasteiger partial charge is 0.385 e. The first-order chi connectivity index (χ1) is 16.4. The SMILES string of the molecule is CC(=O)N1CCC(NC2CCOCC2)=C(C(=N)n2c(C)cc3cc(-c4cnn(C)c4)ncc32)C1. The van der Waals surface area contributed by atoms with Gasteiger partial charge in [-0.3, -0.25) is 24.4 Å². The van der Waals surface area contributed by atoms with Crippen LogP contribution in [-0.4, -0.2) is 68.3 Å². The molecular weight excluding hydrogens is 430 g/mol. The van der Waals surface area contributed by atoms with Gasteiger partial charge in [0, 0.05) is 80.3 Å². The highest BCUT2D eigenvalue weighted by Crippen LogP contribution is 2.27. The Bertz CT molecular complexity index is 1280. The molecule has 3 aromatic rings.